The van der Waals surface area contributed by atoms with Crippen LogP contribution in [0.15, 0.2) is 77.7 Å². The van der Waals surface area contributed by atoms with Crippen molar-refractivity contribution in [3.63, 3.8) is 0 Å². The molecule has 0 unspecified atom stereocenters. The second-order valence-corrected chi connectivity index (χ2v) is 6.19. The molecule has 9 nitrogen and oxygen atoms in total. The second kappa shape index (κ2) is 7.73. The van der Waals surface area contributed by atoms with Gasteiger partial charge in [0.1, 0.15) is 17.1 Å². The van der Waals surface area contributed by atoms with Crippen LogP contribution in [0, 0.1) is 21.4 Å². The van der Waals surface area contributed by atoms with E-state index in [9.17, 15) is 14.9 Å². The monoisotopic (exact) mass is 399 g/mol. The molecule has 0 spiro atoms. The quantitative estimate of drug-likeness (QED) is 0.397. The maximum absolute atomic E-state index is 12.5. The van der Waals surface area contributed by atoms with Gasteiger partial charge in [-0.2, -0.15) is 5.26 Å². The lowest BCUT2D eigenvalue weighted by Crippen LogP contribution is -2.20. The predicted octanol–water partition coefficient (Wildman–Crippen LogP) is 4.01. The van der Waals surface area contributed by atoms with Crippen molar-refractivity contribution >= 4 is 22.8 Å². The van der Waals surface area contributed by atoms with Gasteiger partial charge < -0.3 is 10.1 Å². The van der Waals surface area contributed by atoms with Crippen LogP contribution in [-0.2, 0) is 0 Å². The third-order valence-electron chi connectivity index (χ3n) is 4.21. The van der Waals surface area contributed by atoms with Gasteiger partial charge in [-0.25, -0.2) is 4.98 Å². The van der Waals surface area contributed by atoms with Gasteiger partial charge in [0.25, 0.3) is 0 Å². The first-order valence-electron chi connectivity index (χ1n) is 8.76. The molecule has 2 heterocycles. The molecule has 0 aliphatic heterocycles. The average Bonchev–Trinajstić information content (AvgIpc) is 2.74. The van der Waals surface area contributed by atoms with Gasteiger partial charge in [0.05, 0.1) is 16.6 Å². The van der Waals surface area contributed by atoms with Crippen LogP contribution in [0.2, 0.25) is 0 Å². The van der Waals surface area contributed by atoms with Crippen molar-refractivity contribution in [3.05, 3.63) is 99.0 Å². The lowest BCUT2D eigenvalue weighted by atomic mass is 10.2. The number of hydrogen-bond acceptors (Lipinski definition) is 7. The number of fused-ring (bicyclic) bond motifs is 1. The number of anilines is 2. The van der Waals surface area contributed by atoms with Crippen molar-refractivity contribution in [2.75, 3.05) is 5.32 Å². The molecule has 0 aliphatic rings. The molecule has 146 valence electrons. The molecule has 0 bridgehead atoms. The van der Waals surface area contributed by atoms with Crippen molar-refractivity contribution in [2.24, 2.45) is 0 Å². The number of nitro groups is 1. The van der Waals surface area contributed by atoms with Crippen LogP contribution < -0.4 is 15.6 Å². The van der Waals surface area contributed by atoms with E-state index in [1.54, 1.807) is 66.7 Å². The summed E-state index contributed by atoms with van der Waals surface area (Å²) in [4.78, 5) is 27.5. The zero-order chi connectivity index (χ0) is 21.1. The van der Waals surface area contributed by atoms with E-state index in [4.69, 9.17) is 10.00 Å². The number of ether oxygens (including phenoxy) is 1. The van der Waals surface area contributed by atoms with Crippen LogP contribution in [0.1, 0.15) is 5.56 Å². The molecule has 30 heavy (non-hydrogen) atoms. The van der Waals surface area contributed by atoms with Crippen molar-refractivity contribution in [2.45, 2.75) is 0 Å². The Labute approximate surface area is 169 Å². The van der Waals surface area contributed by atoms with Gasteiger partial charge in [0.2, 0.25) is 5.82 Å². The van der Waals surface area contributed by atoms with E-state index in [0.29, 0.717) is 22.7 Å². The van der Waals surface area contributed by atoms with Gasteiger partial charge in [-0.05, 0) is 48.5 Å². The van der Waals surface area contributed by atoms with Gasteiger partial charge in [0, 0.05) is 18.0 Å². The van der Waals surface area contributed by atoms with Crippen LogP contribution in [-0.4, -0.2) is 14.3 Å². The summed E-state index contributed by atoms with van der Waals surface area (Å²) in [5.74, 6) is 0.829. The van der Waals surface area contributed by atoms with Gasteiger partial charge in [-0.1, -0.05) is 12.1 Å². The molecule has 0 saturated heterocycles. The molecule has 4 aromatic rings. The van der Waals surface area contributed by atoms with Crippen LogP contribution >= 0.6 is 0 Å². The van der Waals surface area contributed by atoms with Crippen molar-refractivity contribution in [3.8, 4) is 17.6 Å². The lowest BCUT2D eigenvalue weighted by Gasteiger charge is -2.10. The summed E-state index contributed by atoms with van der Waals surface area (Å²) in [6.45, 7) is 0. The number of nitriles is 1. The summed E-state index contributed by atoms with van der Waals surface area (Å²) in [6, 6.07) is 20.2. The molecule has 2 aromatic heterocycles. The number of rotatable bonds is 5. The standard InChI is InChI=1S/C21H13N5O4/c22-13-14-7-9-16(10-8-14)30-17-5-3-4-15(12-17)23-20-19(26(28)29)21(27)25-11-2-1-6-18(25)24-20/h1-12,23H. The Kier molecular flexibility index (Phi) is 4.80. The van der Waals surface area contributed by atoms with E-state index >= 15 is 0 Å². The lowest BCUT2D eigenvalue weighted by molar-refractivity contribution is -0.385. The Morgan fingerprint density at radius 3 is 2.60 bits per heavy atom. The second-order valence-electron chi connectivity index (χ2n) is 6.19. The summed E-state index contributed by atoms with van der Waals surface area (Å²) >= 11 is 0. The highest BCUT2D eigenvalue weighted by molar-refractivity contribution is 5.68. The molecule has 0 aliphatic carbocycles. The highest BCUT2D eigenvalue weighted by Gasteiger charge is 2.23. The third kappa shape index (κ3) is 3.65. The number of pyridine rings is 1. The Morgan fingerprint density at radius 1 is 1.07 bits per heavy atom. The molecule has 0 saturated carbocycles. The van der Waals surface area contributed by atoms with Gasteiger partial charge in [-0.3, -0.25) is 19.3 Å². The maximum Gasteiger partial charge on any atom is 0.376 e. The molecule has 0 atom stereocenters. The van der Waals surface area contributed by atoms with E-state index in [1.807, 2.05) is 6.07 Å². The third-order valence-corrected chi connectivity index (χ3v) is 4.21. The topological polar surface area (TPSA) is 123 Å². The van der Waals surface area contributed by atoms with Gasteiger partial charge in [-0.15, -0.1) is 0 Å². The van der Waals surface area contributed by atoms with E-state index in [2.05, 4.69) is 10.3 Å². The smallest absolute Gasteiger partial charge is 0.376 e. The van der Waals surface area contributed by atoms with E-state index < -0.39 is 16.2 Å². The Balaban J connectivity index is 1.68. The Hall–Kier alpha value is -4.71. The van der Waals surface area contributed by atoms with Gasteiger partial charge in [0.15, 0.2) is 0 Å². The summed E-state index contributed by atoms with van der Waals surface area (Å²) in [6.07, 6.45) is 1.42. The van der Waals surface area contributed by atoms with E-state index in [-0.39, 0.29) is 11.5 Å². The first kappa shape index (κ1) is 18.6. The highest BCUT2D eigenvalue weighted by atomic mass is 16.6. The van der Waals surface area contributed by atoms with Crippen molar-refractivity contribution in [1.29, 1.82) is 5.26 Å². The van der Waals surface area contributed by atoms with E-state index in [1.165, 1.54) is 6.20 Å². The first-order chi connectivity index (χ1) is 14.5. The zero-order valence-electron chi connectivity index (χ0n) is 15.4. The minimum absolute atomic E-state index is 0.160. The number of aromatic nitrogens is 2. The fourth-order valence-electron chi connectivity index (χ4n) is 2.84. The SMILES string of the molecule is N#Cc1ccc(Oc2cccc(Nc3nc4ccccn4c(=O)c3[N+](=O)[O-])c2)cc1. The Morgan fingerprint density at radius 2 is 1.87 bits per heavy atom. The largest absolute Gasteiger partial charge is 0.457 e. The minimum Gasteiger partial charge on any atom is -0.457 e. The first-order valence-corrected chi connectivity index (χ1v) is 8.76. The highest BCUT2D eigenvalue weighted by Crippen LogP contribution is 2.28. The molecule has 9 heteroatoms. The van der Waals surface area contributed by atoms with Crippen LogP contribution in [0.5, 0.6) is 11.5 Å². The predicted molar refractivity (Wildman–Crippen MR) is 109 cm³/mol. The van der Waals surface area contributed by atoms with E-state index in [0.717, 1.165) is 4.40 Å². The summed E-state index contributed by atoms with van der Waals surface area (Å²) in [5.41, 5.74) is -0.189. The van der Waals surface area contributed by atoms with Crippen molar-refractivity contribution in [1.82, 2.24) is 9.38 Å². The molecular weight excluding hydrogens is 386 g/mol. The van der Waals surface area contributed by atoms with Crippen LogP contribution in [0.25, 0.3) is 5.65 Å². The minimum atomic E-state index is -0.780. The summed E-state index contributed by atoms with van der Waals surface area (Å²) in [5, 5.41) is 23.2. The van der Waals surface area contributed by atoms with Crippen molar-refractivity contribution < 1.29 is 9.66 Å². The van der Waals surface area contributed by atoms with Crippen LogP contribution in [0.4, 0.5) is 17.2 Å². The molecule has 0 radical (unpaired) electrons. The van der Waals surface area contributed by atoms with Gasteiger partial charge >= 0.3 is 11.2 Å². The fourth-order valence-corrected chi connectivity index (χ4v) is 2.84. The normalized spacial score (nSPS) is 10.4. The molecule has 1 N–H and O–H groups in total. The molecule has 0 amide bonds. The fraction of sp³-hybridized carbons (Fsp3) is 0. The molecule has 2 aromatic carbocycles. The summed E-state index contributed by atoms with van der Waals surface area (Å²) in [7, 11) is 0. The summed E-state index contributed by atoms with van der Waals surface area (Å²) < 4.78 is 6.88. The average molecular weight is 399 g/mol. The number of hydrogen-bond donors (Lipinski definition) is 1. The van der Waals surface area contributed by atoms with Crippen LogP contribution in [0.3, 0.4) is 0 Å². The molecule has 4 rings (SSSR count). The molecule has 0 fully saturated rings. The number of nitrogens with one attached hydrogen (secondary N) is 1. The number of benzene rings is 2. The number of nitrogens with zero attached hydrogens (tertiary/aromatic N) is 4. The zero-order valence-corrected chi connectivity index (χ0v) is 15.4. The maximum atomic E-state index is 12.5. The Bertz CT molecular complexity index is 1360. The molecular formula is C21H13N5O4.